The molecule has 1 aromatic rings. The fraction of sp³-hybridized carbons (Fsp3) is 0.643. The summed E-state index contributed by atoms with van der Waals surface area (Å²) in [5.41, 5.74) is 0. The van der Waals surface area contributed by atoms with E-state index < -0.39 is 17.8 Å². The van der Waals surface area contributed by atoms with Crippen LogP contribution < -0.4 is 5.32 Å². The molecule has 0 aliphatic heterocycles. The van der Waals surface area contributed by atoms with Crippen LogP contribution in [-0.2, 0) is 22.6 Å². The van der Waals surface area contributed by atoms with E-state index in [1.54, 1.807) is 6.20 Å². The summed E-state index contributed by atoms with van der Waals surface area (Å²) in [7, 11) is 0. The predicted octanol–water partition coefficient (Wildman–Crippen LogP) is 1.74. The molecular weight excluding hydrogens is 260 g/mol. The first-order chi connectivity index (χ1) is 9.61. The van der Waals surface area contributed by atoms with Gasteiger partial charge in [-0.05, 0) is 12.8 Å². The van der Waals surface area contributed by atoms with E-state index in [1.807, 2.05) is 6.92 Å². The molecule has 6 nitrogen and oxygen atoms in total. The molecule has 2 atom stereocenters. The van der Waals surface area contributed by atoms with Crippen LogP contribution in [0.5, 0.6) is 0 Å². The number of aryl methyl sites for hydroxylation is 1. The average Bonchev–Trinajstić information content (AvgIpc) is 2.92. The smallest absolute Gasteiger partial charge is 0.307 e. The summed E-state index contributed by atoms with van der Waals surface area (Å²) >= 11 is 0. The molecule has 20 heavy (non-hydrogen) atoms. The van der Waals surface area contributed by atoms with Crippen LogP contribution in [0, 0.1) is 11.8 Å². The quantitative estimate of drug-likeness (QED) is 0.857. The zero-order valence-electron chi connectivity index (χ0n) is 11.6. The van der Waals surface area contributed by atoms with E-state index in [0.717, 1.165) is 25.0 Å². The van der Waals surface area contributed by atoms with Gasteiger partial charge in [-0.2, -0.15) is 0 Å². The second-order valence-electron chi connectivity index (χ2n) is 5.13. The van der Waals surface area contributed by atoms with Gasteiger partial charge in [0.05, 0.1) is 24.6 Å². The number of hydrogen-bond acceptors (Lipinski definition) is 4. The van der Waals surface area contributed by atoms with Crippen LogP contribution in [-0.4, -0.2) is 22.0 Å². The van der Waals surface area contributed by atoms with Crippen molar-refractivity contribution in [3.8, 4) is 0 Å². The van der Waals surface area contributed by atoms with E-state index in [9.17, 15) is 9.59 Å². The number of hydrogen-bond donors (Lipinski definition) is 2. The minimum absolute atomic E-state index is 0.210. The highest BCUT2D eigenvalue weighted by Crippen LogP contribution is 2.30. The predicted molar refractivity (Wildman–Crippen MR) is 70.8 cm³/mol. The van der Waals surface area contributed by atoms with Crippen molar-refractivity contribution >= 4 is 11.9 Å². The van der Waals surface area contributed by atoms with E-state index in [4.69, 9.17) is 9.52 Å². The lowest BCUT2D eigenvalue weighted by atomic mass is 9.79. The van der Waals surface area contributed by atoms with Crippen LogP contribution in [0.25, 0.3) is 0 Å². The lowest BCUT2D eigenvalue weighted by molar-refractivity contribution is -0.149. The fourth-order valence-electron chi connectivity index (χ4n) is 2.63. The van der Waals surface area contributed by atoms with E-state index >= 15 is 0 Å². The van der Waals surface area contributed by atoms with Gasteiger partial charge >= 0.3 is 5.97 Å². The van der Waals surface area contributed by atoms with E-state index in [2.05, 4.69) is 10.3 Å². The Bertz CT molecular complexity index is 483. The third-order valence-corrected chi connectivity index (χ3v) is 3.78. The maximum atomic E-state index is 12.1. The Kier molecular flexibility index (Phi) is 4.76. The van der Waals surface area contributed by atoms with Crippen molar-refractivity contribution in [3.63, 3.8) is 0 Å². The van der Waals surface area contributed by atoms with E-state index in [1.165, 1.54) is 0 Å². The maximum Gasteiger partial charge on any atom is 0.307 e. The van der Waals surface area contributed by atoms with Gasteiger partial charge in [-0.15, -0.1) is 0 Å². The van der Waals surface area contributed by atoms with Gasteiger partial charge in [0.15, 0.2) is 0 Å². The van der Waals surface area contributed by atoms with Crippen LogP contribution in [0.2, 0.25) is 0 Å². The van der Waals surface area contributed by atoms with Crippen LogP contribution in [0.3, 0.4) is 0 Å². The normalized spacial score (nSPS) is 22.4. The Morgan fingerprint density at radius 3 is 2.70 bits per heavy atom. The Morgan fingerprint density at radius 2 is 2.10 bits per heavy atom. The van der Waals surface area contributed by atoms with Crippen molar-refractivity contribution in [1.29, 1.82) is 0 Å². The summed E-state index contributed by atoms with van der Waals surface area (Å²) < 4.78 is 5.40. The highest BCUT2D eigenvalue weighted by atomic mass is 16.4. The van der Waals surface area contributed by atoms with Crippen LogP contribution in [0.4, 0.5) is 0 Å². The third kappa shape index (κ3) is 3.37. The Balaban J connectivity index is 1.91. The molecule has 0 spiro atoms. The van der Waals surface area contributed by atoms with Crippen LogP contribution >= 0.6 is 0 Å². The van der Waals surface area contributed by atoms with Crippen molar-refractivity contribution in [2.45, 2.75) is 45.6 Å². The minimum Gasteiger partial charge on any atom is -0.481 e. The van der Waals surface area contributed by atoms with E-state index in [-0.39, 0.29) is 12.5 Å². The highest BCUT2D eigenvalue weighted by molar-refractivity contribution is 5.84. The second-order valence-corrected chi connectivity index (χ2v) is 5.13. The largest absolute Gasteiger partial charge is 0.481 e. The number of carbonyl (C=O) groups is 2. The third-order valence-electron chi connectivity index (χ3n) is 3.78. The van der Waals surface area contributed by atoms with Gasteiger partial charge < -0.3 is 14.8 Å². The molecule has 1 aliphatic rings. The monoisotopic (exact) mass is 280 g/mol. The standard InChI is InChI=1S/C14H20N2O4/c1-2-9-7-15-12(20-9)8-16-13(17)10-5-3-4-6-11(10)14(18)19/h7,10-11H,2-6,8H2,1H3,(H,16,17)(H,18,19)/t10-,11+/m1/s1. The first-order valence-corrected chi connectivity index (χ1v) is 7.06. The minimum atomic E-state index is -0.880. The van der Waals surface area contributed by atoms with Crippen molar-refractivity contribution < 1.29 is 19.1 Å². The summed E-state index contributed by atoms with van der Waals surface area (Å²) in [6.07, 6.45) is 5.38. The van der Waals surface area contributed by atoms with Gasteiger partial charge in [0.2, 0.25) is 11.8 Å². The molecule has 1 amide bonds. The molecule has 1 fully saturated rings. The lowest BCUT2D eigenvalue weighted by Crippen LogP contribution is -2.39. The second kappa shape index (κ2) is 6.54. The van der Waals surface area contributed by atoms with Crippen LogP contribution in [0.1, 0.15) is 44.3 Å². The summed E-state index contributed by atoms with van der Waals surface area (Å²) in [5.74, 6) is -0.878. The molecule has 0 saturated heterocycles. The fourth-order valence-corrected chi connectivity index (χ4v) is 2.63. The molecule has 1 saturated carbocycles. The first-order valence-electron chi connectivity index (χ1n) is 7.06. The van der Waals surface area contributed by atoms with Gasteiger partial charge in [-0.1, -0.05) is 19.8 Å². The SMILES string of the molecule is CCc1cnc(CNC(=O)[C@@H]2CCCC[C@@H]2C(=O)O)o1. The topological polar surface area (TPSA) is 92.4 Å². The number of aliphatic carboxylic acids is 1. The Labute approximate surface area is 117 Å². The molecule has 0 radical (unpaired) electrons. The lowest BCUT2D eigenvalue weighted by Gasteiger charge is -2.27. The zero-order chi connectivity index (χ0) is 14.5. The number of nitrogens with zero attached hydrogens (tertiary/aromatic N) is 1. The first kappa shape index (κ1) is 14.6. The number of amides is 1. The maximum absolute atomic E-state index is 12.1. The summed E-state index contributed by atoms with van der Waals surface area (Å²) in [4.78, 5) is 27.4. The number of carboxylic acids is 1. The zero-order valence-corrected chi connectivity index (χ0v) is 11.6. The van der Waals surface area contributed by atoms with Gasteiger partial charge in [0, 0.05) is 6.42 Å². The summed E-state index contributed by atoms with van der Waals surface area (Å²) in [6, 6.07) is 0. The molecule has 110 valence electrons. The molecule has 1 aromatic heterocycles. The molecule has 6 heteroatoms. The van der Waals surface area contributed by atoms with Gasteiger partial charge in [0.25, 0.3) is 0 Å². The number of carbonyl (C=O) groups excluding carboxylic acids is 1. The van der Waals surface area contributed by atoms with Gasteiger partial charge in [-0.3, -0.25) is 9.59 Å². The molecule has 1 aliphatic carbocycles. The average molecular weight is 280 g/mol. The van der Waals surface area contributed by atoms with Crippen molar-refractivity contribution in [3.05, 3.63) is 17.8 Å². The van der Waals surface area contributed by atoms with Gasteiger partial charge in [0.1, 0.15) is 5.76 Å². The molecule has 0 bridgehead atoms. The molecule has 2 rings (SSSR count). The number of oxazole rings is 1. The molecular formula is C14H20N2O4. The van der Waals surface area contributed by atoms with Crippen molar-refractivity contribution in [2.75, 3.05) is 0 Å². The molecule has 2 N–H and O–H groups in total. The molecule has 1 heterocycles. The highest BCUT2D eigenvalue weighted by Gasteiger charge is 2.35. The molecule has 0 unspecified atom stereocenters. The van der Waals surface area contributed by atoms with Crippen molar-refractivity contribution in [1.82, 2.24) is 10.3 Å². The van der Waals surface area contributed by atoms with Gasteiger partial charge in [-0.25, -0.2) is 4.98 Å². The number of carboxylic acid groups (broad SMARTS) is 1. The summed E-state index contributed by atoms with van der Waals surface area (Å²) in [6.45, 7) is 2.17. The summed E-state index contributed by atoms with van der Waals surface area (Å²) in [5, 5.41) is 11.9. The number of aromatic nitrogens is 1. The molecule has 0 aromatic carbocycles. The number of nitrogens with one attached hydrogen (secondary N) is 1. The van der Waals surface area contributed by atoms with Crippen molar-refractivity contribution in [2.24, 2.45) is 11.8 Å². The van der Waals surface area contributed by atoms with E-state index in [0.29, 0.717) is 18.7 Å². The number of rotatable bonds is 5. The van der Waals surface area contributed by atoms with Crippen LogP contribution in [0.15, 0.2) is 10.6 Å². The Hall–Kier alpha value is -1.85. The Morgan fingerprint density at radius 1 is 1.40 bits per heavy atom.